The number of allylic oxidation sites excluding steroid dienone is 2. The van der Waals surface area contributed by atoms with Gasteiger partial charge in [-0.1, -0.05) is 61.7 Å². The van der Waals surface area contributed by atoms with E-state index in [0.717, 1.165) is 12.8 Å². The number of phenolic OH excluding ortho intramolecular Hbond substituents is 1. The summed E-state index contributed by atoms with van der Waals surface area (Å²) in [4.78, 5) is 53.5. The van der Waals surface area contributed by atoms with E-state index >= 15 is 0 Å². The van der Waals surface area contributed by atoms with Crippen molar-refractivity contribution in [2.45, 2.75) is 159 Å². The zero-order valence-electron chi connectivity index (χ0n) is 38.1. The molecule has 0 unspecified atom stereocenters. The number of carbonyl (C=O) groups excluding carboxylic acids is 3. The lowest BCUT2D eigenvalue weighted by molar-refractivity contribution is -0.343. The lowest BCUT2D eigenvalue weighted by Crippen LogP contribution is -2.61. The molecule has 0 amide bonds. The second-order valence-electron chi connectivity index (χ2n) is 19.5. The Morgan fingerprint density at radius 2 is 1.64 bits per heavy atom. The van der Waals surface area contributed by atoms with E-state index in [2.05, 4.69) is 0 Å². The number of aromatic hydroxyl groups is 1. The standard InChI is InChI=1S/C49H61ClO17/c1-22-21-49-27(19-29(22)43(56)57)12-9-7-6-8-11-26-15-16-28-30(48(26,5)47(60)66-41(42(49)55)45(59)67-49)13-10-14-34(28)63-46-38(54)37(53)40(25(4)62-46)64-35-20-33(52)39(24(3)61-35)65-44(58)36-23(2)31(50)17-18-32(36)51/h9,12,15-19,22,24-28,30,33-35,37-40,46,51-55H,6-8,10-11,13-14,20-21H2,1-5H3,(H,56,57)/b12-9+/t22-,24-,25-,26-,27-,28+,30-,33-,34+,35+,37-,38-,39-,40-,46+,48-,49+/m1/s1. The van der Waals surface area contributed by atoms with Gasteiger partial charge in [0, 0.05) is 35.3 Å². The molecule has 18 heteroatoms. The van der Waals surface area contributed by atoms with Crippen LogP contribution >= 0.6 is 11.6 Å². The Balaban J connectivity index is 0.950. The molecule has 1 aromatic rings. The van der Waals surface area contributed by atoms with Gasteiger partial charge in [0.1, 0.15) is 29.6 Å². The molecular formula is C49H61ClO17. The second-order valence-corrected chi connectivity index (χ2v) is 19.9. The number of benzene rings is 1. The highest BCUT2D eigenvalue weighted by Gasteiger charge is 2.60. The van der Waals surface area contributed by atoms with Crippen LogP contribution in [0.25, 0.3) is 0 Å². The van der Waals surface area contributed by atoms with Gasteiger partial charge in [-0.2, -0.15) is 0 Å². The summed E-state index contributed by atoms with van der Waals surface area (Å²) in [6.07, 6.45) is 2.05. The van der Waals surface area contributed by atoms with Crippen LogP contribution in [-0.2, 0) is 47.5 Å². The van der Waals surface area contributed by atoms with Gasteiger partial charge in [0.05, 0.1) is 29.8 Å². The Labute approximate surface area is 393 Å². The Morgan fingerprint density at radius 3 is 2.37 bits per heavy atom. The van der Waals surface area contributed by atoms with Gasteiger partial charge in [-0.25, -0.2) is 14.4 Å². The van der Waals surface area contributed by atoms with E-state index in [0.29, 0.717) is 37.7 Å². The number of carboxylic acids is 1. The predicted molar refractivity (Wildman–Crippen MR) is 235 cm³/mol. The maximum absolute atomic E-state index is 14.7. The van der Waals surface area contributed by atoms with E-state index in [-0.39, 0.29) is 52.5 Å². The normalized spacial score (nSPS) is 41.6. The van der Waals surface area contributed by atoms with Crippen LogP contribution in [0.1, 0.15) is 101 Å². The Kier molecular flexibility index (Phi) is 14.1. The molecular weight excluding hydrogens is 896 g/mol. The highest BCUT2D eigenvalue weighted by atomic mass is 35.5. The highest BCUT2D eigenvalue weighted by Crippen LogP contribution is 2.55. The first-order chi connectivity index (χ1) is 31.8. The highest BCUT2D eigenvalue weighted by molar-refractivity contribution is 6.32. The number of carboxylic acid groups (broad SMARTS) is 1. The maximum Gasteiger partial charge on any atom is 0.379 e. The molecule has 1 saturated carbocycles. The second kappa shape index (κ2) is 19.2. The molecule has 0 aromatic heterocycles. The average Bonchev–Trinajstić information content (AvgIpc) is 3.50. The van der Waals surface area contributed by atoms with Gasteiger partial charge in [0.2, 0.25) is 0 Å². The third-order valence-electron chi connectivity index (χ3n) is 15.3. The minimum atomic E-state index is -1.65. The van der Waals surface area contributed by atoms with Gasteiger partial charge in [0.25, 0.3) is 5.76 Å². The third-order valence-corrected chi connectivity index (χ3v) is 15.7. The molecule has 3 aliphatic carbocycles. The molecule has 4 aliphatic heterocycles. The van der Waals surface area contributed by atoms with E-state index in [1.165, 1.54) is 18.2 Å². The van der Waals surface area contributed by atoms with Crippen LogP contribution in [0, 0.1) is 41.9 Å². The van der Waals surface area contributed by atoms with Crippen molar-refractivity contribution in [3.63, 3.8) is 0 Å². The number of hydrogen-bond acceptors (Lipinski definition) is 16. The van der Waals surface area contributed by atoms with Crippen LogP contribution in [0.5, 0.6) is 5.75 Å². The van der Waals surface area contributed by atoms with Crippen molar-refractivity contribution in [3.05, 3.63) is 75.8 Å². The smallest absolute Gasteiger partial charge is 0.379 e. The fourth-order valence-corrected chi connectivity index (χ4v) is 11.7. The molecule has 67 heavy (non-hydrogen) atoms. The molecule has 2 saturated heterocycles. The van der Waals surface area contributed by atoms with Crippen LogP contribution in [0.15, 0.2) is 59.6 Å². The van der Waals surface area contributed by atoms with E-state index < -0.39 is 120 Å². The van der Waals surface area contributed by atoms with Crippen molar-refractivity contribution < 1.29 is 83.0 Å². The molecule has 0 radical (unpaired) electrons. The first-order valence-electron chi connectivity index (χ1n) is 23.3. The maximum atomic E-state index is 14.7. The summed E-state index contributed by atoms with van der Waals surface area (Å²) >= 11 is 6.15. The van der Waals surface area contributed by atoms with Crippen LogP contribution < -0.4 is 0 Å². The quantitative estimate of drug-likeness (QED) is 0.110. The summed E-state index contributed by atoms with van der Waals surface area (Å²) < 4.78 is 42.2. The van der Waals surface area contributed by atoms with Crippen LogP contribution in [0.3, 0.4) is 0 Å². The van der Waals surface area contributed by atoms with E-state index in [1.54, 1.807) is 33.8 Å². The number of aliphatic hydroxyl groups is 4. The molecule has 3 fully saturated rings. The number of fused-ring (bicyclic) bond motifs is 3. The van der Waals surface area contributed by atoms with Crippen molar-refractivity contribution >= 4 is 35.5 Å². The fourth-order valence-electron chi connectivity index (χ4n) is 11.5. The van der Waals surface area contributed by atoms with Crippen molar-refractivity contribution in [2.24, 2.45) is 35.0 Å². The van der Waals surface area contributed by atoms with Gasteiger partial charge in [-0.05, 0) is 95.2 Å². The molecule has 1 spiro atoms. The van der Waals surface area contributed by atoms with Gasteiger partial charge < -0.3 is 63.8 Å². The molecule has 2 bridgehead atoms. The molecule has 8 rings (SSSR count). The monoisotopic (exact) mass is 956 g/mol. The van der Waals surface area contributed by atoms with Crippen molar-refractivity contribution in [2.75, 3.05) is 0 Å². The van der Waals surface area contributed by atoms with Crippen LogP contribution in [0.4, 0.5) is 0 Å². The van der Waals surface area contributed by atoms with Gasteiger partial charge >= 0.3 is 23.9 Å². The lowest BCUT2D eigenvalue weighted by Gasteiger charge is -2.51. The molecule has 17 atom stereocenters. The largest absolute Gasteiger partial charge is 0.507 e. The molecule has 6 N–H and O–H groups in total. The van der Waals surface area contributed by atoms with E-state index in [4.69, 9.17) is 44.8 Å². The van der Waals surface area contributed by atoms with E-state index in [9.17, 15) is 49.8 Å². The van der Waals surface area contributed by atoms with Crippen LogP contribution in [-0.4, -0.2) is 122 Å². The summed E-state index contributed by atoms with van der Waals surface area (Å²) in [5.41, 5.74) is -2.56. The summed E-state index contributed by atoms with van der Waals surface area (Å²) in [6.45, 7) is 8.26. The van der Waals surface area contributed by atoms with Crippen molar-refractivity contribution in [1.82, 2.24) is 0 Å². The molecule has 366 valence electrons. The molecule has 17 nitrogen and oxygen atoms in total. The number of aliphatic carboxylic acids is 1. The fraction of sp³-hybridized carbons (Fsp3) is 0.633. The zero-order valence-corrected chi connectivity index (χ0v) is 38.9. The summed E-state index contributed by atoms with van der Waals surface area (Å²) in [7, 11) is 0. The number of hydrogen-bond donors (Lipinski definition) is 6. The minimum Gasteiger partial charge on any atom is -0.507 e. The van der Waals surface area contributed by atoms with Gasteiger partial charge in [-0.15, -0.1) is 0 Å². The first-order valence-corrected chi connectivity index (χ1v) is 23.7. The number of esters is 3. The summed E-state index contributed by atoms with van der Waals surface area (Å²) in [5.74, 6) is -7.70. The zero-order chi connectivity index (χ0) is 48.3. The molecule has 4 heterocycles. The van der Waals surface area contributed by atoms with Crippen LogP contribution in [0.2, 0.25) is 5.02 Å². The summed E-state index contributed by atoms with van der Waals surface area (Å²) in [6, 6.07) is 2.71. The van der Waals surface area contributed by atoms with E-state index in [1.807, 2.05) is 25.2 Å². The number of ether oxygens (including phenoxy) is 7. The molecule has 1 aromatic carbocycles. The van der Waals surface area contributed by atoms with Gasteiger partial charge in [0.15, 0.2) is 30.0 Å². The number of aliphatic hydroxyl groups excluding tert-OH is 4. The number of carbonyl (C=O) groups is 4. The lowest BCUT2D eigenvalue weighted by atomic mass is 9.55. The number of halogens is 1. The molecule has 7 aliphatic rings. The Hall–Kier alpha value is -4.33. The Bertz CT molecular complexity index is 2230. The van der Waals surface area contributed by atoms with Crippen molar-refractivity contribution in [3.8, 4) is 5.75 Å². The number of phenols is 1. The number of rotatable bonds is 7. The minimum absolute atomic E-state index is 0.0323. The summed E-state index contributed by atoms with van der Waals surface area (Å²) in [5, 5.41) is 66.3. The predicted octanol–water partition coefficient (Wildman–Crippen LogP) is 5.63. The van der Waals surface area contributed by atoms with Crippen molar-refractivity contribution in [1.29, 1.82) is 0 Å². The average molecular weight is 957 g/mol. The SMILES string of the molecule is Cc1c(Cl)ccc(O)c1C(=O)O[C@H]1[C@H](O)C[C@H](O[C@H]2[C@H](O)[C@@H](O)[C@H](O[C@H]3CCC[C@@H]4[C@@H]3C=C[C@H]3CCCC/C=C/[C@@H]5C=C(C(=O)O)[C@H](C)C[C@]56OC(=O)C(=C6O)OC(=O)[C@@]43C)O[C@@H]2C)O[C@@H]1C. The topological polar surface area (TPSA) is 254 Å². The third kappa shape index (κ3) is 8.95. The van der Waals surface area contributed by atoms with Gasteiger partial charge in [-0.3, -0.25) is 4.79 Å². The first kappa shape index (κ1) is 49.1. The Morgan fingerprint density at radius 1 is 0.896 bits per heavy atom.